The third kappa shape index (κ3) is 4.30. The summed E-state index contributed by atoms with van der Waals surface area (Å²) in [7, 11) is 0. The van der Waals surface area contributed by atoms with Crippen LogP contribution < -0.4 is 5.32 Å². The monoisotopic (exact) mass is 285 g/mol. The fourth-order valence-corrected chi connectivity index (χ4v) is 2.75. The summed E-state index contributed by atoms with van der Waals surface area (Å²) < 4.78 is 0. The molecule has 1 heterocycles. The normalized spacial score (nSPS) is 21.1. The van der Waals surface area contributed by atoms with Crippen molar-refractivity contribution in [3.05, 3.63) is 29.8 Å². The van der Waals surface area contributed by atoms with E-state index in [4.69, 9.17) is 5.26 Å². The van der Waals surface area contributed by atoms with Gasteiger partial charge in [-0.1, -0.05) is 13.0 Å². The van der Waals surface area contributed by atoms with Crippen molar-refractivity contribution in [1.29, 1.82) is 5.26 Å². The van der Waals surface area contributed by atoms with E-state index in [0.29, 0.717) is 11.3 Å². The number of carbonyl (C=O) groups excluding carboxylic acids is 1. The number of amides is 1. The Morgan fingerprint density at radius 2 is 2.24 bits per heavy atom. The Labute approximate surface area is 126 Å². The molecule has 1 fully saturated rings. The molecule has 4 heteroatoms. The zero-order valence-corrected chi connectivity index (χ0v) is 12.8. The van der Waals surface area contributed by atoms with Gasteiger partial charge in [-0.05, 0) is 63.4 Å². The van der Waals surface area contributed by atoms with E-state index in [9.17, 15) is 4.79 Å². The van der Waals surface area contributed by atoms with Crippen LogP contribution in [0, 0.1) is 17.2 Å². The molecule has 1 amide bonds. The number of likely N-dealkylation sites (tertiary alicyclic amines) is 1. The maximum atomic E-state index is 12.4. The number of carbonyl (C=O) groups is 1. The van der Waals surface area contributed by atoms with Gasteiger partial charge in [-0.25, -0.2) is 0 Å². The van der Waals surface area contributed by atoms with Crippen molar-refractivity contribution in [1.82, 2.24) is 4.90 Å². The molecule has 0 radical (unpaired) electrons. The van der Waals surface area contributed by atoms with Crippen LogP contribution in [0.2, 0.25) is 0 Å². The topological polar surface area (TPSA) is 56.1 Å². The lowest BCUT2D eigenvalue weighted by atomic mass is 10.0. The van der Waals surface area contributed by atoms with E-state index in [1.165, 1.54) is 6.42 Å². The van der Waals surface area contributed by atoms with Crippen molar-refractivity contribution in [3.63, 3.8) is 0 Å². The molecule has 2 unspecified atom stereocenters. The maximum Gasteiger partial charge on any atom is 0.241 e. The minimum atomic E-state index is -0.138. The van der Waals surface area contributed by atoms with Crippen molar-refractivity contribution in [2.45, 2.75) is 39.2 Å². The standard InChI is InChI=1S/C17H23N3O/c1-13-5-4-9-20(10-8-13)14(2)17(21)19-16-7-3-6-15(11-16)12-18/h3,6-7,11,13-14H,4-5,8-10H2,1-2H3,(H,19,21). The van der Waals surface area contributed by atoms with Crippen LogP contribution in [0.4, 0.5) is 5.69 Å². The lowest BCUT2D eigenvalue weighted by molar-refractivity contribution is -0.120. The molecule has 1 aliphatic heterocycles. The molecular weight excluding hydrogens is 262 g/mol. The van der Waals surface area contributed by atoms with Gasteiger partial charge in [0, 0.05) is 5.69 Å². The predicted molar refractivity (Wildman–Crippen MR) is 83.8 cm³/mol. The number of nitriles is 1. The number of hydrogen-bond donors (Lipinski definition) is 1. The lowest BCUT2D eigenvalue weighted by Crippen LogP contribution is -2.42. The second kappa shape index (κ2) is 7.24. The Morgan fingerprint density at radius 1 is 1.43 bits per heavy atom. The Morgan fingerprint density at radius 3 is 3.00 bits per heavy atom. The van der Waals surface area contributed by atoms with Gasteiger partial charge in [-0.15, -0.1) is 0 Å². The second-order valence-corrected chi connectivity index (χ2v) is 5.93. The molecule has 2 atom stereocenters. The van der Waals surface area contributed by atoms with E-state index in [2.05, 4.69) is 23.2 Å². The molecule has 1 aliphatic rings. The van der Waals surface area contributed by atoms with E-state index >= 15 is 0 Å². The second-order valence-electron chi connectivity index (χ2n) is 5.93. The average molecular weight is 285 g/mol. The van der Waals surface area contributed by atoms with Crippen LogP contribution in [0.1, 0.15) is 38.7 Å². The van der Waals surface area contributed by atoms with Crippen molar-refractivity contribution in [3.8, 4) is 6.07 Å². The van der Waals surface area contributed by atoms with Gasteiger partial charge in [0.25, 0.3) is 0 Å². The number of nitrogens with zero attached hydrogens (tertiary/aromatic N) is 2. The van der Waals surface area contributed by atoms with Crippen molar-refractivity contribution in [2.75, 3.05) is 18.4 Å². The lowest BCUT2D eigenvalue weighted by Gasteiger charge is -2.26. The van der Waals surface area contributed by atoms with Gasteiger partial charge in [-0.3, -0.25) is 9.69 Å². The van der Waals surface area contributed by atoms with Crippen LogP contribution in [0.5, 0.6) is 0 Å². The highest BCUT2D eigenvalue weighted by Gasteiger charge is 2.23. The summed E-state index contributed by atoms with van der Waals surface area (Å²) >= 11 is 0. The third-order valence-corrected chi connectivity index (χ3v) is 4.24. The molecule has 0 aliphatic carbocycles. The van der Waals surface area contributed by atoms with Gasteiger partial charge >= 0.3 is 0 Å². The van der Waals surface area contributed by atoms with Gasteiger partial charge in [-0.2, -0.15) is 5.26 Å². The summed E-state index contributed by atoms with van der Waals surface area (Å²) in [6.07, 6.45) is 3.55. The molecule has 1 saturated heterocycles. The first-order valence-corrected chi connectivity index (χ1v) is 7.65. The molecule has 0 saturated carbocycles. The van der Waals surface area contributed by atoms with E-state index < -0.39 is 0 Å². The smallest absolute Gasteiger partial charge is 0.241 e. The van der Waals surface area contributed by atoms with E-state index in [1.807, 2.05) is 13.0 Å². The van der Waals surface area contributed by atoms with Crippen LogP contribution in [0.15, 0.2) is 24.3 Å². The van der Waals surface area contributed by atoms with Crippen molar-refractivity contribution >= 4 is 11.6 Å². The Balaban J connectivity index is 1.97. The first kappa shape index (κ1) is 15.5. The number of hydrogen-bond acceptors (Lipinski definition) is 3. The highest BCUT2D eigenvalue weighted by atomic mass is 16.2. The van der Waals surface area contributed by atoms with Crippen molar-refractivity contribution < 1.29 is 4.79 Å². The average Bonchev–Trinajstić information content (AvgIpc) is 2.71. The quantitative estimate of drug-likeness (QED) is 0.928. The Hall–Kier alpha value is -1.86. The summed E-state index contributed by atoms with van der Waals surface area (Å²) in [4.78, 5) is 14.6. The number of anilines is 1. The van der Waals surface area contributed by atoms with E-state index in [1.54, 1.807) is 18.2 Å². The van der Waals surface area contributed by atoms with Gasteiger partial charge in [0.15, 0.2) is 0 Å². The number of benzene rings is 1. The van der Waals surface area contributed by atoms with Gasteiger partial charge in [0.1, 0.15) is 0 Å². The predicted octanol–water partition coefficient (Wildman–Crippen LogP) is 3.01. The van der Waals surface area contributed by atoms with E-state index in [-0.39, 0.29) is 11.9 Å². The summed E-state index contributed by atoms with van der Waals surface area (Å²) in [5, 5.41) is 11.8. The Bertz CT molecular complexity index is 535. The van der Waals surface area contributed by atoms with Crippen LogP contribution in [-0.2, 0) is 4.79 Å². The summed E-state index contributed by atoms with van der Waals surface area (Å²) in [6, 6.07) is 8.98. The molecular formula is C17H23N3O. The van der Waals surface area contributed by atoms with Crippen LogP contribution in [0.25, 0.3) is 0 Å². The third-order valence-electron chi connectivity index (χ3n) is 4.24. The molecule has 0 bridgehead atoms. The van der Waals surface area contributed by atoms with Gasteiger partial charge in [0.05, 0.1) is 17.7 Å². The van der Waals surface area contributed by atoms with Crippen molar-refractivity contribution in [2.24, 2.45) is 5.92 Å². The van der Waals surface area contributed by atoms with Gasteiger partial charge < -0.3 is 5.32 Å². The molecule has 1 aromatic carbocycles. The van der Waals surface area contributed by atoms with Gasteiger partial charge in [0.2, 0.25) is 5.91 Å². The van der Waals surface area contributed by atoms with Crippen LogP contribution in [0.3, 0.4) is 0 Å². The first-order valence-electron chi connectivity index (χ1n) is 7.65. The zero-order chi connectivity index (χ0) is 15.2. The summed E-state index contributed by atoms with van der Waals surface area (Å²) in [6.45, 7) is 6.20. The molecule has 1 aromatic rings. The maximum absolute atomic E-state index is 12.4. The fourth-order valence-electron chi connectivity index (χ4n) is 2.75. The highest BCUT2D eigenvalue weighted by molar-refractivity contribution is 5.94. The summed E-state index contributed by atoms with van der Waals surface area (Å²) in [5.41, 5.74) is 1.25. The first-order chi connectivity index (χ1) is 10.1. The molecule has 1 N–H and O–H groups in total. The minimum Gasteiger partial charge on any atom is -0.325 e. The SMILES string of the molecule is CC1CCCN(C(C)C(=O)Nc2cccc(C#N)c2)CC1. The summed E-state index contributed by atoms with van der Waals surface area (Å²) in [5.74, 6) is 0.747. The number of nitrogens with one attached hydrogen (secondary N) is 1. The molecule has 21 heavy (non-hydrogen) atoms. The molecule has 0 aromatic heterocycles. The fraction of sp³-hybridized carbons (Fsp3) is 0.529. The molecule has 0 spiro atoms. The molecule has 4 nitrogen and oxygen atoms in total. The minimum absolute atomic E-state index is 0.000331. The highest BCUT2D eigenvalue weighted by Crippen LogP contribution is 2.19. The van der Waals surface area contributed by atoms with Crippen LogP contribution in [-0.4, -0.2) is 29.9 Å². The molecule has 2 rings (SSSR count). The Kier molecular flexibility index (Phi) is 5.35. The number of rotatable bonds is 3. The largest absolute Gasteiger partial charge is 0.325 e. The zero-order valence-electron chi connectivity index (χ0n) is 12.8. The molecule has 112 valence electrons. The van der Waals surface area contributed by atoms with E-state index in [0.717, 1.165) is 31.8 Å². The van der Waals surface area contributed by atoms with Crippen LogP contribution >= 0.6 is 0 Å².